The van der Waals surface area contributed by atoms with Gasteiger partial charge in [-0.3, -0.25) is 9.59 Å². The highest BCUT2D eigenvalue weighted by atomic mass is 32.1. The molecule has 7 heteroatoms. The van der Waals surface area contributed by atoms with E-state index in [1.54, 1.807) is 11.3 Å². The third-order valence-electron chi connectivity index (χ3n) is 7.53. The minimum absolute atomic E-state index is 0.0164. The van der Waals surface area contributed by atoms with Gasteiger partial charge in [-0.25, -0.2) is 0 Å². The fraction of sp³-hybridized carbons (Fsp3) is 0.556. The van der Waals surface area contributed by atoms with Crippen LogP contribution in [0, 0.1) is 32.1 Å². The molecule has 6 nitrogen and oxygen atoms in total. The van der Waals surface area contributed by atoms with Crippen molar-refractivity contribution in [2.75, 3.05) is 19.8 Å². The molecule has 1 aromatic carbocycles. The van der Waals surface area contributed by atoms with Crippen molar-refractivity contribution in [3.8, 4) is 5.75 Å². The number of nitrogens with one attached hydrogen (secondary N) is 1. The van der Waals surface area contributed by atoms with Gasteiger partial charge in [-0.1, -0.05) is 26.0 Å². The zero-order valence-electron chi connectivity index (χ0n) is 20.7. The van der Waals surface area contributed by atoms with Crippen LogP contribution in [-0.2, 0) is 17.6 Å². The molecule has 1 fully saturated rings. The quantitative estimate of drug-likeness (QED) is 0.447. The molecule has 0 spiro atoms. The normalized spacial score (nSPS) is 20.4. The first-order valence-electron chi connectivity index (χ1n) is 12.0. The van der Waals surface area contributed by atoms with Crippen molar-refractivity contribution in [2.45, 2.75) is 65.9 Å². The fourth-order valence-electron chi connectivity index (χ4n) is 5.67. The average Bonchev–Trinajstić information content (AvgIpc) is 3.10. The summed E-state index contributed by atoms with van der Waals surface area (Å²) in [6.45, 7) is 10.2. The van der Waals surface area contributed by atoms with Crippen molar-refractivity contribution in [3.63, 3.8) is 0 Å². The number of carbonyl (C=O) groups excluding carboxylic acids is 2. The number of amides is 1. The number of rotatable bonds is 10. The van der Waals surface area contributed by atoms with E-state index in [9.17, 15) is 14.7 Å². The molecular formula is C27H35NO5S. The molecule has 1 amide bonds. The Labute approximate surface area is 205 Å². The van der Waals surface area contributed by atoms with Crippen LogP contribution in [0.15, 0.2) is 12.1 Å². The van der Waals surface area contributed by atoms with Crippen molar-refractivity contribution < 1.29 is 24.5 Å². The maximum Gasteiger partial charge on any atom is 0.245 e. The summed E-state index contributed by atoms with van der Waals surface area (Å²) in [5.41, 5.74) is 6.18. The average molecular weight is 486 g/mol. The van der Waals surface area contributed by atoms with Crippen LogP contribution in [0.3, 0.4) is 0 Å². The van der Waals surface area contributed by atoms with Crippen molar-refractivity contribution in [1.29, 1.82) is 0 Å². The minimum Gasteiger partial charge on any atom is -0.490 e. The number of aliphatic hydroxyl groups excluding tert-OH is 2. The summed E-state index contributed by atoms with van der Waals surface area (Å²) in [6.07, 6.45) is 1.35. The zero-order valence-corrected chi connectivity index (χ0v) is 21.5. The maximum atomic E-state index is 13.1. The molecule has 0 saturated heterocycles. The lowest BCUT2D eigenvalue weighted by molar-refractivity contribution is -0.124. The summed E-state index contributed by atoms with van der Waals surface area (Å²) in [4.78, 5) is 26.5. The Morgan fingerprint density at radius 2 is 1.91 bits per heavy atom. The summed E-state index contributed by atoms with van der Waals surface area (Å²) in [5.74, 6) is 1.77. The molecule has 184 valence electrons. The number of fused-ring (bicyclic) bond motifs is 3. The van der Waals surface area contributed by atoms with Crippen LogP contribution in [0.1, 0.15) is 68.6 Å². The van der Waals surface area contributed by atoms with Gasteiger partial charge in [0.25, 0.3) is 0 Å². The first-order chi connectivity index (χ1) is 16.0. The molecule has 1 aromatic heterocycles. The van der Waals surface area contributed by atoms with E-state index in [1.165, 1.54) is 16.0 Å². The highest BCUT2D eigenvalue weighted by Crippen LogP contribution is 2.71. The molecule has 4 rings (SSSR count). The van der Waals surface area contributed by atoms with Gasteiger partial charge in [0, 0.05) is 17.8 Å². The van der Waals surface area contributed by atoms with Gasteiger partial charge in [0.2, 0.25) is 5.91 Å². The van der Waals surface area contributed by atoms with Gasteiger partial charge in [0.1, 0.15) is 25.1 Å². The first-order valence-corrected chi connectivity index (χ1v) is 12.8. The predicted octanol–water partition coefficient (Wildman–Crippen LogP) is 3.63. The summed E-state index contributed by atoms with van der Waals surface area (Å²) >= 11 is 1.68. The van der Waals surface area contributed by atoms with Gasteiger partial charge in [-0.2, -0.15) is 0 Å². The molecule has 1 unspecified atom stereocenters. The summed E-state index contributed by atoms with van der Waals surface area (Å²) in [5, 5.41) is 21.2. The van der Waals surface area contributed by atoms with E-state index in [2.05, 4.69) is 26.1 Å². The van der Waals surface area contributed by atoms with E-state index in [1.807, 2.05) is 26.0 Å². The lowest BCUT2D eigenvalue weighted by atomic mass is 9.93. The molecule has 2 aromatic rings. The van der Waals surface area contributed by atoms with Gasteiger partial charge in [0.15, 0.2) is 5.78 Å². The van der Waals surface area contributed by atoms with E-state index in [0.29, 0.717) is 35.8 Å². The van der Waals surface area contributed by atoms with Crippen LogP contribution in [0.4, 0.5) is 0 Å². The van der Waals surface area contributed by atoms with Crippen molar-refractivity contribution in [3.05, 3.63) is 49.7 Å². The van der Waals surface area contributed by atoms with Gasteiger partial charge >= 0.3 is 0 Å². The van der Waals surface area contributed by atoms with Gasteiger partial charge < -0.3 is 20.3 Å². The Kier molecular flexibility index (Phi) is 6.91. The van der Waals surface area contributed by atoms with E-state index in [4.69, 9.17) is 9.84 Å². The monoisotopic (exact) mass is 485 g/mol. The van der Waals surface area contributed by atoms with Crippen LogP contribution >= 0.6 is 11.3 Å². The molecule has 2 aliphatic carbocycles. The number of carbonyl (C=O) groups is 2. The van der Waals surface area contributed by atoms with E-state index in [0.717, 1.165) is 28.0 Å². The van der Waals surface area contributed by atoms with Gasteiger partial charge in [-0.05, 0) is 78.7 Å². The number of ketones is 1. The van der Waals surface area contributed by atoms with Crippen LogP contribution < -0.4 is 10.1 Å². The topological polar surface area (TPSA) is 95.9 Å². The number of ether oxygens (including phenoxy) is 1. The molecule has 1 saturated carbocycles. The minimum atomic E-state index is -0.876. The first kappa shape index (κ1) is 24.9. The molecule has 0 aliphatic heterocycles. The lowest BCUT2D eigenvalue weighted by Gasteiger charge is -2.17. The third-order valence-corrected chi connectivity index (χ3v) is 8.74. The second-order valence-corrected chi connectivity index (χ2v) is 11.6. The Morgan fingerprint density at radius 3 is 2.56 bits per heavy atom. The number of benzene rings is 1. The number of hydrogen-bond acceptors (Lipinski definition) is 6. The van der Waals surface area contributed by atoms with Gasteiger partial charge in [0.05, 0.1) is 4.88 Å². The Balaban J connectivity index is 1.35. The molecule has 3 N–H and O–H groups in total. The highest BCUT2D eigenvalue weighted by Gasteiger charge is 2.63. The number of thiophene rings is 1. The summed E-state index contributed by atoms with van der Waals surface area (Å²) in [6, 6.07) is 4.08. The van der Waals surface area contributed by atoms with Crippen LogP contribution in [0.25, 0.3) is 0 Å². The third kappa shape index (κ3) is 4.66. The van der Waals surface area contributed by atoms with E-state index >= 15 is 0 Å². The SMILES string of the molecule is Cc1cc(CCC(=O)c2sc(C)c3c2C[C@@H]2[C@H]3C2(C)C)cc(C)c1OCC(O)CNC(=O)CO. The lowest BCUT2D eigenvalue weighted by Crippen LogP contribution is -2.36. The summed E-state index contributed by atoms with van der Waals surface area (Å²) < 4.78 is 5.80. The molecule has 0 radical (unpaired) electrons. The van der Waals surface area contributed by atoms with Crippen molar-refractivity contribution >= 4 is 23.0 Å². The number of Topliss-reactive ketones (excluding diaryl/α,β-unsaturated/α-hetero) is 1. The Hall–Kier alpha value is -2.22. The molecule has 34 heavy (non-hydrogen) atoms. The highest BCUT2D eigenvalue weighted by molar-refractivity contribution is 7.14. The Bertz CT molecular complexity index is 1100. The van der Waals surface area contributed by atoms with Gasteiger partial charge in [-0.15, -0.1) is 11.3 Å². The smallest absolute Gasteiger partial charge is 0.245 e. The van der Waals surface area contributed by atoms with Crippen LogP contribution in [-0.4, -0.2) is 47.8 Å². The summed E-state index contributed by atoms with van der Waals surface area (Å²) in [7, 11) is 0. The number of hydrogen-bond donors (Lipinski definition) is 3. The maximum absolute atomic E-state index is 13.1. The second-order valence-electron chi connectivity index (χ2n) is 10.4. The fourth-order valence-corrected chi connectivity index (χ4v) is 6.87. The Morgan fingerprint density at radius 1 is 1.24 bits per heavy atom. The van der Waals surface area contributed by atoms with E-state index in [-0.39, 0.29) is 18.9 Å². The number of aryl methyl sites for hydroxylation is 4. The molecule has 1 heterocycles. The zero-order chi connectivity index (χ0) is 24.8. The largest absolute Gasteiger partial charge is 0.490 e. The second kappa shape index (κ2) is 9.44. The van der Waals surface area contributed by atoms with Crippen LogP contribution in [0.5, 0.6) is 5.75 Å². The molecule has 0 bridgehead atoms. The molecule has 3 atom stereocenters. The molecular weight excluding hydrogens is 450 g/mol. The molecule has 2 aliphatic rings. The van der Waals surface area contributed by atoms with Crippen molar-refractivity contribution in [1.82, 2.24) is 5.32 Å². The van der Waals surface area contributed by atoms with Crippen LogP contribution in [0.2, 0.25) is 0 Å². The van der Waals surface area contributed by atoms with E-state index < -0.39 is 18.6 Å². The predicted molar refractivity (Wildman–Crippen MR) is 133 cm³/mol. The standard InChI is InChI=1S/C27H35NO5S/c1-14-8-17(9-15(2)25(14)33-13-18(30)11-28-22(32)12-29)6-7-21(31)26-19-10-20-24(27(20,4)5)23(19)16(3)34-26/h8-9,18,20,24,29-30H,6-7,10-13H2,1-5H3,(H,28,32)/t18?,20-,24-/m1/s1. The number of aliphatic hydroxyl groups is 2. The van der Waals surface area contributed by atoms with Crippen molar-refractivity contribution in [2.24, 2.45) is 11.3 Å².